The number of nitrogens with zero attached hydrogens (tertiary/aromatic N) is 4. The summed E-state index contributed by atoms with van der Waals surface area (Å²) in [6, 6.07) is 12.3. The van der Waals surface area contributed by atoms with Gasteiger partial charge in [0.15, 0.2) is 0 Å². The van der Waals surface area contributed by atoms with Gasteiger partial charge in [-0.2, -0.15) is 5.10 Å². The molecule has 0 spiro atoms. The number of rotatable bonds is 5. The van der Waals surface area contributed by atoms with Gasteiger partial charge >= 0.3 is 0 Å². The van der Waals surface area contributed by atoms with Crippen LogP contribution in [0.15, 0.2) is 55.1 Å². The number of carbonyl (C=O) groups is 2. The summed E-state index contributed by atoms with van der Waals surface area (Å²) in [5.41, 5.74) is 1.78. The van der Waals surface area contributed by atoms with Crippen LogP contribution in [0.2, 0.25) is 5.02 Å². The number of halogens is 1. The smallest absolute Gasteiger partial charge is 0.229 e. The molecule has 4 rings (SSSR count). The van der Waals surface area contributed by atoms with Crippen LogP contribution >= 0.6 is 11.6 Å². The summed E-state index contributed by atoms with van der Waals surface area (Å²) in [5.74, 6) is -0.308. The van der Waals surface area contributed by atoms with Crippen LogP contribution in [-0.2, 0) is 9.59 Å². The van der Waals surface area contributed by atoms with Crippen molar-refractivity contribution in [2.75, 3.05) is 23.9 Å². The molecule has 29 heavy (non-hydrogen) atoms. The van der Waals surface area contributed by atoms with Crippen LogP contribution in [0.25, 0.3) is 5.69 Å². The Balaban J connectivity index is 1.55. The molecule has 0 saturated carbocycles. The van der Waals surface area contributed by atoms with E-state index in [0.29, 0.717) is 27.8 Å². The minimum Gasteiger partial charge on any atom is -0.495 e. The number of amides is 2. The normalized spacial score (nSPS) is 16.1. The maximum atomic E-state index is 12.9. The van der Waals surface area contributed by atoms with Crippen LogP contribution in [-0.4, -0.2) is 40.2 Å². The third-order valence-electron chi connectivity index (χ3n) is 4.75. The third-order valence-corrected chi connectivity index (χ3v) is 4.99. The second kappa shape index (κ2) is 7.92. The van der Waals surface area contributed by atoms with Gasteiger partial charge in [-0.3, -0.25) is 9.59 Å². The zero-order valence-corrected chi connectivity index (χ0v) is 16.3. The van der Waals surface area contributed by atoms with E-state index in [1.165, 1.54) is 17.3 Å². The molecule has 0 radical (unpaired) electrons. The number of para-hydroxylation sites is 2. The fourth-order valence-electron chi connectivity index (χ4n) is 3.34. The summed E-state index contributed by atoms with van der Waals surface area (Å²) in [6.07, 6.45) is 3.05. The molecule has 0 aliphatic carbocycles. The first-order valence-corrected chi connectivity index (χ1v) is 9.33. The van der Waals surface area contributed by atoms with Gasteiger partial charge in [0, 0.05) is 18.0 Å². The van der Waals surface area contributed by atoms with E-state index in [2.05, 4.69) is 15.4 Å². The van der Waals surface area contributed by atoms with Crippen LogP contribution in [0.3, 0.4) is 0 Å². The molecular formula is C20H18ClN5O3. The number of hydrogen-bond acceptors (Lipinski definition) is 5. The number of methoxy groups -OCH3 is 1. The van der Waals surface area contributed by atoms with E-state index in [-0.39, 0.29) is 24.8 Å². The summed E-state index contributed by atoms with van der Waals surface area (Å²) in [6.45, 7) is 0.268. The fourth-order valence-corrected chi connectivity index (χ4v) is 3.52. The van der Waals surface area contributed by atoms with E-state index in [1.54, 1.807) is 42.3 Å². The SMILES string of the molecule is COc1ccccc1N1C[C@@H](C(=O)Nc2cc(Cl)ccc2-n2cncn2)CC1=O. The highest BCUT2D eigenvalue weighted by molar-refractivity contribution is 6.31. The van der Waals surface area contributed by atoms with Crippen molar-refractivity contribution < 1.29 is 14.3 Å². The lowest BCUT2D eigenvalue weighted by molar-refractivity contribution is -0.122. The van der Waals surface area contributed by atoms with Gasteiger partial charge in [0.1, 0.15) is 18.4 Å². The van der Waals surface area contributed by atoms with E-state index in [1.807, 2.05) is 12.1 Å². The zero-order chi connectivity index (χ0) is 20.4. The minimum absolute atomic E-state index is 0.114. The second-order valence-corrected chi connectivity index (χ2v) is 7.00. The Kier molecular flexibility index (Phi) is 5.18. The number of hydrogen-bond donors (Lipinski definition) is 1. The highest BCUT2D eigenvalue weighted by Gasteiger charge is 2.36. The Morgan fingerprint density at radius 1 is 1.24 bits per heavy atom. The van der Waals surface area contributed by atoms with Crippen molar-refractivity contribution in [3.8, 4) is 11.4 Å². The van der Waals surface area contributed by atoms with E-state index in [4.69, 9.17) is 16.3 Å². The second-order valence-electron chi connectivity index (χ2n) is 6.57. The first kappa shape index (κ1) is 18.9. The fraction of sp³-hybridized carbons (Fsp3) is 0.200. The Hall–Kier alpha value is -3.39. The average Bonchev–Trinajstić information content (AvgIpc) is 3.38. The molecule has 1 atom stereocenters. The molecule has 8 nitrogen and oxygen atoms in total. The van der Waals surface area contributed by atoms with Crippen molar-refractivity contribution in [2.24, 2.45) is 5.92 Å². The summed E-state index contributed by atoms with van der Waals surface area (Å²) in [7, 11) is 1.55. The molecule has 3 aromatic rings. The number of carbonyl (C=O) groups excluding carboxylic acids is 2. The van der Waals surface area contributed by atoms with Gasteiger partial charge in [-0.05, 0) is 30.3 Å². The number of aromatic nitrogens is 3. The van der Waals surface area contributed by atoms with Crippen LogP contribution in [0.4, 0.5) is 11.4 Å². The molecule has 1 saturated heterocycles. The largest absolute Gasteiger partial charge is 0.495 e. The molecule has 0 unspecified atom stereocenters. The standard InChI is InChI=1S/C20H18ClN5O3/c1-29-18-5-3-2-4-17(18)25-10-13(8-19(25)27)20(28)24-15-9-14(21)6-7-16(15)26-12-22-11-23-26/h2-7,9,11-13H,8,10H2,1H3,(H,24,28)/t13-/m0/s1. The number of anilines is 2. The average molecular weight is 412 g/mol. The van der Waals surface area contributed by atoms with Gasteiger partial charge in [0.25, 0.3) is 0 Å². The van der Waals surface area contributed by atoms with Crippen LogP contribution < -0.4 is 15.0 Å². The van der Waals surface area contributed by atoms with E-state index >= 15 is 0 Å². The highest BCUT2D eigenvalue weighted by Crippen LogP contribution is 2.33. The van der Waals surface area contributed by atoms with E-state index in [9.17, 15) is 9.59 Å². The molecule has 2 aromatic carbocycles. The van der Waals surface area contributed by atoms with Gasteiger partial charge in [0.2, 0.25) is 11.8 Å². The predicted octanol–water partition coefficient (Wildman–Crippen LogP) is 2.92. The Morgan fingerprint density at radius 2 is 2.07 bits per heavy atom. The summed E-state index contributed by atoms with van der Waals surface area (Å²) >= 11 is 6.11. The third kappa shape index (κ3) is 3.79. The van der Waals surface area contributed by atoms with Crippen LogP contribution in [0, 0.1) is 5.92 Å². The molecule has 1 aliphatic heterocycles. The number of ether oxygens (including phenoxy) is 1. The molecule has 1 N–H and O–H groups in total. The summed E-state index contributed by atoms with van der Waals surface area (Å²) < 4.78 is 6.88. The summed E-state index contributed by atoms with van der Waals surface area (Å²) in [4.78, 5) is 31.0. The molecule has 1 aromatic heterocycles. The maximum Gasteiger partial charge on any atom is 0.229 e. The number of benzene rings is 2. The van der Waals surface area contributed by atoms with Crippen molar-refractivity contribution in [1.29, 1.82) is 0 Å². The van der Waals surface area contributed by atoms with Crippen LogP contribution in [0.5, 0.6) is 5.75 Å². The zero-order valence-electron chi connectivity index (χ0n) is 15.6. The monoisotopic (exact) mass is 411 g/mol. The first-order chi connectivity index (χ1) is 14.1. The maximum absolute atomic E-state index is 12.9. The minimum atomic E-state index is -0.505. The molecular weight excluding hydrogens is 394 g/mol. The van der Waals surface area contributed by atoms with E-state index < -0.39 is 5.92 Å². The van der Waals surface area contributed by atoms with Crippen molar-refractivity contribution in [1.82, 2.24) is 14.8 Å². The van der Waals surface area contributed by atoms with Crippen molar-refractivity contribution in [2.45, 2.75) is 6.42 Å². The molecule has 1 aliphatic rings. The van der Waals surface area contributed by atoms with Gasteiger partial charge in [-0.25, -0.2) is 9.67 Å². The molecule has 0 bridgehead atoms. The highest BCUT2D eigenvalue weighted by atomic mass is 35.5. The van der Waals surface area contributed by atoms with Gasteiger partial charge in [-0.1, -0.05) is 23.7 Å². The van der Waals surface area contributed by atoms with Gasteiger partial charge in [-0.15, -0.1) is 0 Å². The van der Waals surface area contributed by atoms with Gasteiger partial charge in [0.05, 0.1) is 30.1 Å². The predicted molar refractivity (Wildman–Crippen MR) is 108 cm³/mol. The molecule has 2 heterocycles. The molecule has 9 heteroatoms. The van der Waals surface area contributed by atoms with Crippen molar-refractivity contribution >= 4 is 34.8 Å². The van der Waals surface area contributed by atoms with E-state index in [0.717, 1.165) is 0 Å². The topological polar surface area (TPSA) is 89.3 Å². The quantitative estimate of drug-likeness (QED) is 0.697. The first-order valence-electron chi connectivity index (χ1n) is 8.95. The lowest BCUT2D eigenvalue weighted by atomic mass is 10.1. The Labute approximate surface area is 172 Å². The lowest BCUT2D eigenvalue weighted by Gasteiger charge is -2.19. The van der Waals surface area contributed by atoms with Crippen LogP contribution in [0.1, 0.15) is 6.42 Å². The summed E-state index contributed by atoms with van der Waals surface area (Å²) in [5, 5.41) is 7.45. The van der Waals surface area contributed by atoms with Crippen molar-refractivity contribution in [3.05, 3.63) is 60.1 Å². The van der Waals surface area contributed by atoms with Gasteiger partial charge < -0.3 is 15.0 Å². The lowest BCUT2D eigenvalue weighted by Crippen LogP contribution is -2.28. The van der Waals surface area contributed by atoms with Crippen molar-refractivity contribution in [3.63, 3.8) is 0 Å². The molecule has 1 fully saturated rings. The molecule has 148 valence electrons. The Bertz CT molecular complexity index is 1050. The number of nitrogens with one attached hydrogen (secondary N) is 1. The Morgan fingerprint density at radius 3 is 2.83 bits per heavy atom. The molecule has 2 amide bonds.